The molecule has 1 aliphatic heterocycles. The smallest absolute Gasteiger partial charge is 0.191 e. The Morgan fingerprint density at radius 1 is 1.33 bits per heavy atom. The molecule has 1 aliphatic rings. The summed E-state index contributed by atoms with van der Waals surface area (Å²) < 4.78 is 5.31. The van der Waals surface area contributed by atoms with Crippen LogP contribution in [0.15, 0.2) is 17.1 Å². The van der Waals surface area contributed by atoms with Crippen molar-refractivity contribution < 1.29 is 4.74 Å². The fraction of sp³-hybridized carbons (Fsp3) is 0.750. The van der Waals surface area contributed by atoms with Gasteiger partial charge in [-0.25, -0.2) is 0 Å². The number of nitrogens with one attached hydrogen (secondary N) is 2. The van der Waals surface area contributed by atoms with Gasteiger partial charge in [-0.1, -0.05) is 12.2 Å². The van der Waals surface area contributed by atoms with Crippen LogP contribution in [0.25, 0.3) is 0 Å². The molecule has 0 spiro atoms. The first kappa shape index (κ1) is 17.7. The van der Waals surface area contributed by atoms with E-state index in [2.05, 4.69) is 27.1 Å². The van der Waals surface area contributed by atoms with Gasteiger partial charge < -0.3 is 15.4 Å². The summed E-state index contributed by atoms with van der Waals surface area (Å²) in [6, 6.07) is 0. The molecule has 0 bridgehead atoms. The van der Waals surface area contributed by atoms with Gasteiger partial charge in [0.2, 0.25) is 0 Å². The summed E-state index contributed by atoms with van der Waals surface area (Å²) in [6.45, 7) is 12.3. The third-order valence-corrected chi connectivity index (χ3v) is 2.61. The van der Waals surface area contributed by atoms with Gasteiger partial charge in [-0.05, 0) is 6.92 Å². The third kappa shape index (κ3) is 7.88. The molecule has 2 N–H and O–H groups in total. The van der Waals surface area contributed by atoms with Gasteiger partial charge in [0.15, 0.2) is 5.96 Å². The topological polar surface area (TPSA) is 48.9 Å². The lowest BCUT2D eigenvalue weighted by Gasteiger charge is -2.26. The zero-order chi connectivity index (χ0) is 12.5. The minimum absolute atomic E-state index is 0. The summed E-state index contributed by atoms with van der Waals surface area (Å²) in [5.74, 6) is 0.834. The Kier molecular flexibility index (Phi) is 10.4. The fourth-order valence-corrected chi connectivity index (χ4v) is 1.61. The van der Waals surface area contributed by atoms with Gasteiger partial charge >= 0.3 is 0 Å². The van der Waals surface area contributed by atoms with Crippen LogP contribution >= 0.6 is 24.0 Å². The second-order valence-electron chi connectivity index (χ2n) is 4.26. The van der Waals surface area contributed by atoms with E-state index >= 15 is 0 Å². The third-order valence-electron chi connectivity index (χ3n) is 2.61. The van der Waals surface area contributed by atoms with Gasteiger partial charge in [0.25, 0.3) is 0 Å². The van der Waals surface area contributed by atoms with Gasteiger partial charge in [-0.2, -0.15) is 0 Å². The normalized spacial score (nSPS) is 16.9. The molecule has 0 unspecified atom stereocenters. The van der Waals surface area contributed by atoms with Crippen LogP contribution in [0.3, 0.4) is 0 Å². The van der Waals surface area contributed by atoms with Crippen molar-refractivity contribution in [1.29, 1.82) is 0 Å². The number of morpholine rings is 1. The number of hydrogen-bond acceptors (Lipinski definition) is 3. The molecule has 5 nitrogen and oxygen atoms in total. The van der Waals surface area contributed by atoms with E-state index in [1.54, 1.807) is 7.05 Å². The molecule has 0 aromatic carbocycles. The first-order valence-electron chi connectivity index (χ1n) is 6.11. The summed E-state index contributed by atoms with van der Waals surface area (Å²) >= 11 is 0. The lowest BCUT2D eigenvalue weighted by atomic mass is 10.3. The van der Waals surface area contributed by atoms with Crippen LogP contribution in [0.2, 0.25) is 0 Å². The molecule has 0 aromatic heterocycles. The molecule has 0 amide bonds. The molecule has 1 heterocycles. The van der Waals surface area contributed by atoms with Crippen molar-refractivity contribution in [3.63, 3.8) is 0 Å². The molecule has 0 saturated carbocycles. The minimum Gasteiger partial charge on any atom is -0.379 e. The Morgan fingerprint density at radius 3 is 2.56 bits per heavy atom. The van der Waals surface area contributed by atoms with Gasteiger partial charge in [0, 0.05) is 39.8 Å². The number of nitrogens with zero attached hydrogens (tertiary/aromatic N) is 2. The van der Waals surface area contributed by atoms with E-state index in [0.717, 1.165) is 57.5 Å². The molecule has 0 aromatic rings. The van der Waals surface area contributed by atoms with E-state index in [0.29, 0.717) is 0 Å². The molecular weight excluding hydrogens is 343 g/mol. The molecule has 1 fully saturated rings. The highest BCUT2D eigenvalue weighted by Gasteiger charge is 2.09. The Morgan fingerprint density at radius 2 is 2.00 bits per heavy atom. The van der Waals surface area contributed by atoms with Gasteiger partial charge in [-0.3, -0.25) is 9.89 Å². The Bertz CT molecular complexity index is 265. The molecule has 0 radical (unpaired) electrons. The van der Waals surface area contributed by atoms with E-state index in [1.165, 1.54) is 0 Å². The fourth-order valence-electron chi connectivity index (χ4n) is 1.61. The van der Waals surface area contributed by atoms with Crippen LogP contribution in [0.5, 0.6) is 0 Å². The highest BCUT2D eigenvalue weighted by atomic mass is 127. The maximum atomic E-state index is 5.31. The SMILES string of the molecule is C=C(C)CNC(=NC)NCCN1CCOCC1.I. The number of halogens is 1. The molecule has 6 heteroatoms. The lowest BCUT2D eigenvalue weighted by Crippen LogP contribution is -2.44. The standard InChI is InChI=1S/C12H24N4O.HI/c1-11(2)10-15-12(13-3)14-4-5-16-6-8-17-9-7-16;/h1,4-10H2,2-3H3,(H2,13,14,15);1H. The average molecular weight is 368 g/mol. The van der Waals surface area contributed by atoms with E-state index in [9.17, 15) is 0 Å². The summed E-state index contributed by atoms with van der Waals surface area (Å²) in [5.41, 5.74) is 1.10. The number of rotatable bonds is 5. The lowest BCUT2D eigenvalue weighted by molar-refractivity contribution is 0.0389. The van der Waals surface area contributed by atoms with Crippen LogP contribution in [-0.2, 0) is 4.74 Å². The van der Waals surface area contributed by atoms with Crippen LogP contribution < -0.4 is 10.6 Å². The van der Waals surface area contributed by atoms with Gasteiger partial charge in [0.1, 0.15) is 0 Å². The molecule has 0 atom stereocenters. The van der Waals surface area contributed by atoms with Gasteiger partial charge in [-0.15, -0.1) is 24.0 Å². The number of guanidine groups is 1. The van der Waals surface area contributed by atoms with Crippen molar-refractivity contribution in [3.8, 4) is 0 Å². The van der Waals surface area contributed by atoms with Crippen LogP contribution in [0.4, 0.5) is 0 Å². The predicted octanol–water partition coefficient (Wildman–Crippen LogP) is 0.678. The molecule has 0 aliphatic carbocycles. The van der Waals surface area contributed by atoms with E-state index in [4.69, 9.17) is 4.74 Å². The van der Waals surface area contributed by atoms with Crippen molar-refractivity contribution in [2.75, 3.05) is 53.0 Å². The average Bonchev–Trinajstić information content (AvgIpc) is 2.34. The van der Waals surface area contributed by atoms with E-state index < -0.39 is 0 Å². The summed E-state index contributed by atoms with van der Waals surface area (Å²) in [7, 11) is 1.78. The summed E-state index contributed by atoms with van der Waals surface area (Å²) in [5, 5.41) is 6.49. The highest BCUT2D eigenvalue weighted by molar-refractivity contribution is 14.0. The van der Waals surface area contributed by atoms with Crippen molar-refractivity contribution in [1.82, 2.24) is 15.5 Å². The van der Waals surface area contributed by atoms with Crippen molar-refractivity contribution in [2.24, 2.45) is 4.99 Å². The van der Waals surface area contributed by atoms with Crippen molar-refractivity contribution >= 4 is 29.9 Å². The molecule has 18 heavy (non-hydrogen) atoms. The summed E-state index contributed by atoms with van der Waals surface area (Å²) in [4.78, 5) is 6.54. The Hall–Kier alpha value is -0.340. The largest absolute Gasteiger partial charge is 0.379 e. The second kappa shape index (κ2) is 10.6. The Balaban J connectivity index is 0.00000289. The zero-order valence-electron chi connectivity index (χ0n) is 11.4. The first-order chi connectivity index (χ1) is 8.22. The van der Waals surface area contributed by atoms with E-state index in [-0.39, 0.29) is 24.0 Å². The van der Waals surface area contributed by atoms with Crippen molar-refractivity contribution in [2.45, 2.75) is 6.92 Å². The number of aliphatic imine (C=N–C) groups is 1. The monoisotopic (exact) mass is 368 g/mol. The molecule has 1 rings (SSSR count). The zero-order valence-corrected chi connectivity index (χ0v) is 13.7. The van der Waals surface area contributed by atoms with Crippen LogP contribution in [0, 0.1) is 0 Å². The maximum absolute atomic E-state index is 5.31. The van der Waals surface area contributed by atoms with E-state index in [1.807, 2.05) is 6.92 Å². The summed E-state index contributed by atoms with van der Waals surface area (Å²) in [6.07, 6.45) is 0. The van der Waals surface area contributed by atoms with Crippen LogP contribution in [-0.4, -0.2) is 63.8 Å². The van der Waals surface area contributed by atoms with Crippen molar-refractivity contribution in [3.05, 3.63) is 12.2 Å². The first-order valence-corrected chi connectivity index (χ1v) is 6.11. The molecular formula is C12H25IN4O. The quantitative estimate of drug-likeness (QED) is 0.324. The second-order valence-corrected chi connectivity index (χ2v) is 4.26. The minimum atomic E-state index is 0. The molecule has 1 saturated heterocycles. The predicted molar refractivity (Wildman–Crippen MR) is 86.9 cm³/mol. The Labute approximate surface area is 127 Å². The molecule has 106 valence electrons. The van der Waals surface area contributed by atoms with Crippen LogP contribution in [0.1, 0.15) is 6.92 Å². The van der Waals surface area contributed by atoms with Gasteiger partial charge in [0.05, 0.1) is 13.2 Å². The number of hydrogen-bond donors (Lipinski definition) is 2. The number of ether oxygens (including phenoxy) is 1. The highest BCUT2D eigenvalue weighted by Crippen LogP contribution is 1.94. The maximum Gasteiger partial charge on any atom is 0.191 e.